The molecule has 0 spiro atoms. The van der Waals surface area contributed by atoms with Crippen molar-refractivity contribution in [1.82, 2.24) is 19.9 Å². The quantitative estimate of drug-likeness (QED) is 0.567. The molecule has 3 heterocycles. The normalized spacial score (nSPS) is 10.8. The van der Waals surface area contributed by atoms with Gasteiger partial charge in [-0.25, -0.2) is 4.98 Å². The van der Waals surface area contributed by atoms with Gasteiger partial charge in [-0.05, 0) is 35.9 Å². The lowest BCUT2D eigenvalue weighted by molar-refractivity contribution is 1.24. The van der Waals surface area contributed by atoms with Crippen molar-refractivity contribution in [3.63, 3.8) is 0 Å². The Hall–Kier alpha value is -2.79. The SMILES string of the molecule is Sc1cncc(-c2ccc3ncc(-c4ccncc4)nc3c2)c1. The van der Waals surface area contributed by atoms with E-state index in [9.17, 15) is 0 Å². The zero-order valence-corrected chi connectivity index (χ0v) is 13.0. The number of hydrogen-bond donors (Lipinski definition) is 1. The molecule has 4 nitrogen and oxygen atoms in total. The number of rotatable bonds is 2. The van der Waals surface area contributed by atoms with Crippen LogP contribution in [0.25, 0.3) is 33.4 Å². The minimum Gasteiger partial charge on any atom is -0.265 e. The van der Waals surface area contributed by atoms with Crippen molar-refractivity contribution < 1.29 is 0 Å². The highest BCUT2D eigenvalue weighted by molar-refractivity contribution is 7.80. The van der Waals surface area contributed by atoms with Gasteiger partial charge in [0.2, 0.25) is 0 Å². The van der Waals surface area contributed by atoms with Gasteiger partial charge in [-0.1, -0.05) is 6.07 Å². The first-order valence-corrected chi connectivity index (χ1v) is 7.56. The largest absolute Gasteiger partial charge is 0.265 e. The van der Waals surface area contributed by atoms with Crippen LogP contribution in [-0.4, -0.2) is 19.9 Å². The number of nitrogens with zero attached hydrogens (tertiary/aromatic N) is 4. The molecule has 23 heavy (non-hydrogen) atoms. The van der Waals surface area contributed by atoms with Crippen LogP contribution in [0.3, 0.4) is 0 Å². The second-order valence-corrected chi connectivity index (χ2v) is 5.64. The van der Waals surface area contributed by atoms with Crippen molar-refractivity contribution in [3.05, 3.63) is 67.4 Å². The Labute approximate surface area is 138 Å². The molecule has 0 atom stereocenters. The summed E-state index contributed by atoms with van der Waals surface area (Å²) < 4.78 is 0. The fourth-order valence-electron chi connectivity index (χ4n) is 2.44. The van der Waals surface area contributed by atoms with Gasteiger partial charge in [0, 0.05) is 40.8 Å². The molecule has 0 fully saturated rings. The van der Waals surface area contributed by atoms with E-state index in [1.54, 1.807) is 24.8 Å². The van der Waals surface area contributed by atoms with Gasteiger partial charge in [-0.15, -0.1) is 12.6 Å². The van der Waals surface area contributed by atoms with Gasteiger partial charge in [0.25, 0.3) is 0 Å². The zero-order chi connectivity index (χ0) is 15.6. The average Bonchev–Trinajstić information content (AvgIpc) is 2.61. The lowest BCUT2D eigenvalue weighted by Gasteiger charge is -2.06. The van der Waals surface area contributed by atoms with Crippen LogP contribution in [0.4, 0.5) is 0 Å². The molecule has 3 aromatic heterocycles. The number of hydrogen-bond acceptors (Lipinski definition) is 5. The topological polar surface area (TPSA) is 51.6 Å². The van der Waals surface area contributed by atoms with Gasteiger partial charge in [0.05, 0.1) is 22.9 Å². The molecule has 0 saturated carbocycles. The van der Waals surface area contributed by atoms with Crippen molar-refractivity contribution in [1.29, 1.82) is 0 Å². The molecule has 5 heteroatoms. The van der Waals surface area contributed by atoms with Gasteiger partial charge < -0.3 is 0 Å². The molecular formula is C18H12N4S. The van der Waals surface area contributed by atoms with Crippen LogP contribution in [0.1, 0.15) is 0 Å². The van der Waals surface area contributed by atoms with Crippen molar-refractivity contribution >= 4 is 23.7 Å². The molecule has 0 aliphatic carbocycles. The van der Waals surface area contributed by atoms with Crippen LogP contribution in [0.2, 0.25) is 0 Å². The smallest absolute Gasteiger partial charge is 0.0900 e. The highest BCUT2D eigenvalue weighted by Gasteiger charge is 2.05. The summed E-state index contributed by atoms with van der Waals surface area (Å²) >= 11 is 4.35. The lowest BCUT2D eigenvalue weighted by atomic mass is 10.1. The third-order valence-corrected chi connectivity index (χ3v) is 3.82. The summed E-state index contributed by atoms with van der Waals surface area (Å²) in [5, 5.41) is 0. The minimum absolute atomic E-state index is 0.832. The fourth-order valence-corrected chi connectivity index (χ4v) is 2.64. The van der Waals surface area contributed by atoms with Crippen LogP contribution in [0.15, 0.2) is 72.3 Å². The predicted octanol–water partition coefficient (Wildman–Crippen LogP) is 4.04. The first kappa shape index (κ1) is 13.8. The Balaban J connectivity index is 1.84. The first-order valence-electron chi connectivity index (χ1n) is 7.11. The van der Waals surface area contributed by atoms with Crippen LogP contribution in [0.5, 0.6) is 0 Å². The minimum atomic E-state index is 0.832. The van der Waals surface area contributed by atoms with Gasteiger partial charge in [0.15, 0.2) is 0 Å². The van der Waals surface area contributed by atoms with Gasteiger partial charge >= 0.3 is 0 Å². The van der Waals surface area contributed by atoms with E-state index in [4.69, 9.17) is 4.98 Å². The molecule has 4 aromatic rings. The first-order chi connectivity index (χ1) is 11.3. The Morgan fingerprint density at radius 1 is 0.696 bits per heavy atom. The number of fused-ring (bicyclic) bond motifs is 1. The van der Waals surface area contributed by atoms with Crippen molar-refractivity contribution in [2.75, 3.05) is 0 Å². The molecule has 0 aliphatic heterocycles. The molecule has 1 aromatic carbocycles. The molecule has 0 amide bonds. The Bertz CT molecular complexity index is 986. The average molecular weight is 316 g/mol. The molecule has 4 rings (SSSR count). The van der Waals surface area contributed by atoms with Gasteiger partial charge in [0.1, 0.15) is 0 Å². The second-order valence-electron chi connectivity index (χ2n) is 5.13. The van der Waals surface area contributed by atoms with E-state index in [1.165, 1.54) is 0 Å². The highest BCUT2D eigenvalue weighted by Crippen LogP contribution is 2.25. The Morgan fingerprint density at radius 3 is 2.39 bits per heavy atom. The van der Waals surface area contributed by atoms with Crippen molar-refractivity contribution in [2.45, 2.75) is 4.90 Å². The number of pyridine rings is 2. The monoisotopic (exact) mass is 316 g/mol. The third kappa shape index (κ3) is 2.78. The maximum Gasteiger partial charge on any atom is 0.0900 e. The molecule has 110 valence electrons. The molecule has 0 N–H and O–H groups in total. The third-order valence-electron chi connectivity index (χ3n) is 3.58. The molecule has 0 saturated heterocycles. The maximum atomic E-state index is 4.72. The number of thiol groups is 1. The van der Waals surface area contributed by atoms with Crippen molar-refractivity contribution in [3.8, 4) is 22.4 Å². The summed E-state index contributed by atoms with van der Waals surface area (Å²) in [5.74, 6) is 0. The van der Waals surface area contributed by atoms with Crippen LogP contribution >= 0.6 is 12.6 Å². The van der Waals surface area contributed by atoms with E-state index in [0.29, 0.717) is 0 Å². The fraction of sp³-hybridized carbons (Fsp3) is 0. The number of aromatic nitrogens is 4. The molecule has 0 unspecified atom stereocenters. The van der Waals surface area contributed by atoms with Crippen molar-refractivity contribution in [2.24, 2.45) is 0 Å². The summed E-state index contributed by atoms with van der Waals surface area (Å²) in [7, 11) is 0. The van der Waals surface area contributed by atoms with Gasteiger partial charge in [-0.3, -0.25) is 15.0 Å². The summed E-state index contributed by atoms with van der Waals surface area (Å²) in [6.07, 6.45) is 8.83. The summed E-state index contributed by atoms with van der Waals surface area (Å²) in [5.41, 5.74) is 5.59. The summed E-state index contributed by atoms with van der Waals surface area (Å²) in [6.45, 7) is 0. The standard InChI is InChI=1S/C18H12N4S/c23-15-7-14(9-20-10-15)13-1-2-16-17(8-13)22-18(11-21-16)12-3-5-19-6-4-12/h1-11,23H. The number of benzene rings is 1. The van der Waals surface area contributed by atoms with E-state index in [2.05, 4.69) is 27.6 Å². The second kappa shape index (κ2) is 5.78. The molecule has 0 aliphatic rings. The molecular weight excluding hydrogens is 304 g/mol. The van der Waals surface area contributed by atoms with E-state index >= 15 is 0 Å². The maximum absolute atomic E-state index is 4.72. The van der Waals surface area contributed by atoms with E-state index in [1.807, 2.05) is 42.6 Å². The molecule has 0 bridgehead atoms. The Morgan fingerprint density at radius 2 is 1.57 bits per heavy atom. The van der Waals surface area contributed by atoms with Crippen LogP contribution in [0, 0.1) is 0 Å². The highest BCUT2D eigenvalue weighted by atomic mass is 32.1. The van der Waals surface area contributed by atoms with E-state index < -0.39 is 0 Å². The lowest BCUT2D eigenvalue weighted by Crippen LogP contribution is -1.90. The van der Waals surface area contributed by atoms with Crippen LogP contribution in [-0.2, 0) is 0 Å². The summed E-state index contributed by atoms with van der Waals surface area (Å²) in [4.78, 5) is 18.3. The van der Waals surface area contributed by atoms with Gasteiger partial charge in [-0.2, -0.15) is 0 Å². The summed E-state index contributed by atoms with van der Waals surface area (Å²) in [6, 6.07) is 11.9. The predicted molar refractivity (Wildman–Crippen MR) is 93.3 cm³/mol. The zero-order valence-electron chi connectivity index (χ0n) is 12.1. The van der Waals surface area contributed by atoms with E-state index in [0.717, 1.165) is 38.3 Å². The van der Waals surface area contributed by atoms with E-state index in [-0.39, 0.29) is 0 Å². The molecule has 0 radical (unpaired) electrons. The van der Waals surface area contributed by atoms with Crippen LogP contribution < -0.4 is 0 Å². The Kier molecular flexibility index (Phi) is 3.48.